The summed E-state index contributed by atoms with van der Waals surface area (Å²) < 4.78 is 32.7. The molecule has 0 bridgehead atoms. The van der Waals surface area contributed by atoms with Crippen LogP contribution >= 0.6 is 7.82 Å². The minimum atomic E-state index is -4.71. The third-order valence-electron chi connectivity index (χ3n) is 10.3. The highest BCUT2D eigenvalue weighted by Gasteiger charge is 2.28. The Morgan fingerprint density at radius 2 is 0.877 bits per heavy atom. The highest BCUT2D eigenvalue weighted by molar-refractivity contribution is 7.47. The van der Waals surface area contributed by atoms with E-state index in [1.54, 1.807) is 0 Å². The molecule has 4 N–H and O–H groups in total. The first-order valence-electron chi connectivity index (χ1n) is 23.2. The second kappa shape index (κ2) is 41.0. The van der Waals surface area contributed by atoms with Crippen LogP contribution in [0.3, 0.4) is 0 Å². The number of phosphoric acid groups is 1. The van der Waals surface area contributed by atoms with Crippen molar-refractivity contribution >= 4 is 25.7 Å². The van der Waals surface area contributed by atoms with Crippen molar-refractivity contribution in [2.75, 3.05) is 19.8 Å². The van der Waals surface area contributed by atoms with Crippen LogP contribution < -0.4 is 5.73 Å². The Hall–Kier alpha value is -1.78. The van der Waals surface area contributed by atoms with Crippen LogP contribution in [0.4, 0.5) is 0 Å². The molecule has 336 valence electrons. The molecule has 0 saturated heterocycles. The second-order valence-electron chi connectivity index (χ2n) is 15.9. The van der Waals surface area contributed by atoms with Crippen molar-refractivity contribution in [2.24, 2.45) is 5.73 Å². The van der Waals surface area contributed by atoms with Crippen LogP contribution in [0.25, 0.3) is 0 Å². The highest BCUT2D eigenvalue weighted by atomic mass is 31.2. The average Bonchev–Trinajstić information content (AvgIpc) is 3.19. The SMILES string of the molecule is CCCCCCCCCC/C=C\CCCCCCCCCCCCCC(=O)OC(COC(=O)CCCCCCCCCCCC)COP(=O)(O)OCC(N)C(=O)O. The quantitative estimate of drug-likeness (QED) is 0.0231. The van der Waals surface area contributed by atoms with E-state index in [1.807, 2.05) is 0 Å². The summed E-state index contributed by atoms with van der Waals surface area (Å²) in [5.41, 5.74) is 5.33. The fraction of sp³-hybridized carbons (Fsp3) is 0.889. The minimum absolute atomic E-state index is 0.165. The summed E-state index contributed by atoms with van der Waals surface area (Å²) in [7, 11) is -4.71. The lowest BCUT2D eigenvalue weighted by Gasteiger charge is -2.20. The summed E-state index contributed by atoms with van der Waals surface area (Å²) in [6.45, 7) is 2.81. The number of carboxylic acid groups (broad SMARTS) is 1. The summed E-state index contributed by atoms with van der Waals surface area (Å²) in [5.74, 6) is -2.37. The van der Waals surface area contributed by atoms with Crippen molar-refractivity contribution < 1.29 is 47.5 Å². The van der Waals surface area contributed by atoms with Gasteiger partial charge in [0.1, 0.15) is 12.6 Å². The number of aliphatic carboxylic acids is 1. The van der Waals surface area contributed by atoms with E-state index in [0.29, 0.717) is 12.8 Å². The van der Waals surface area contributed by atoms with Gasteiger partial charge in [-0.25, -0.2) is 4.57 Å². The lowest BCUT2D eigenvalue weighted by Crippen LogP contribution is -2.34. The molecule has 0 saturated carbocycles. The predicted molar refractivity (Wildman–Crippen MR) is 231 cm³/mol. The topological polar surface area (TPSA) is 172 Å². The van der Waals surface area contributed by atoms with E-state index in [2.05, 4.69) is 30.5 Å². The van der Waals surface area contributed by atoms with Crippen LogP contribution in [-0.2, 0) is 37.5 Å². The molecule has 0 aliphatic heterocycles. The number of carboxylic acids is 1. The number of hydrogen-bond donors (Lipinski definition) is 3. The number of phosphoric ester groups is 1. The highest BCUT2D eigenvalue weighted by Crippen LogP contribution is 2.43. The average molecular weight is 832 g/mol. The van der Waals surface area contributed by atoms with Crippen molar-refractivity contribution in [3.8, 4) is 0 Å². The van der Waals surface area contributed by atoms with Gasteiger partial charge in [-0.2, -0.15) is 0 Å². The van der Waals surface area contributed by atoms with E-state index in [-0.39, 0.29) is 19.4 Å². The monoisotopic (exact) mass is 832 g/mol. The Morgan fingerprint density at radius 1 is 0.526 bits per heavy atom. The summed E-state index contributed by atoms with van der Waals surface area (Å²) in [5, 5.41) is 8.88. The summed E-state index contributed by atoms with van der Waals surface area (Å²) in [6.07, 6.45) is 41.5. The Morgan fingerprint density at radius 3 is 1.28 bits per heavy atom. The van der Waals surface area contributed by atoms with Crippen molar-refractivity contribution in [3.63, 3.8) is 0 Å². The van der Waals surface area contributed by atoms with Gasteiger partial charge >= 0.3 is 25.7 Å². The van der Waals surface area contributed by atoms with Crippen LogP contribution in [-0.4, -0.2) is 59.9 Å². The number of rotatable bonds is 44. The Bertz CT molecular complexity index is 1030. The van der Waals surface area contributed by atoms with Gasteiger partial charge in [0.2, 0.25) is 0 Å². The molecule has 0 rings (SSSR count). The first kappa shape index (κ1) is 55.2. The van der Waals surface area contributed by atoms with E-state index in [4.69, 9.17) is 24.8 Å². The first-order chi connectivity index (χ1) is 27.6. The molecule has 0 spiro atoms. The summed E-state index contributed by atoms with van der Waals surface area (Å²) in [6, 6.07) is -1.52. The summed E-state index contributed by atoms with van der Waals surface area (Å²) >= 11 is 0. The van der Waals surface area contributed by atoms with Crippen LogP contribution in [0.5, 0.6) is 0 Å². The standard InChI is InChI=1S/C45H86NO10P/c1-3-5-7-9-11-13-15-16-17-18-19-20-21-22-23-24-25-26-27-29-31-33-35-37-44(48)56-41(39-54-57(51,52)55-40-42(46)45(49)50)38-53-43(47)36-34-32-30-28-14-12-10-8-6-4-2/h18-19,41-42H,3-17,20-40,46H2,1-2H3,(H,49,50)(H,51,52)/b19-18-. The zero-order valence-corrected chi connectivity index (χ0v) is 37.3. The first-order valence-corrected chi connectivity index (χ1v) is 24.7. The summed E-state index contributed by atoms with van der Waals surface area (Å²) in [4.78, 5) is 45.9. The molecule has 0 aromatic heterocycles. The van der Waals surface area contributed by atoms with Gasteiger partial charge < -0.3 is 25.2 Å². The minimum Gasteiger partial charge on any atom is -0.480 e. The maximum atomic E-state index is 12.6. The second-order valence-corrected chi connectivity index (χ2v) is 17.3. The third kappa shape index (κ3) is 40.8. The van der Waals surface area contributed by atoms with Crippen molar-refractivity contribution in [2.45, 2.75) is 238 Å². The molecule has 0 aliphatic carbocycles. The number of unbranched alkanes of at least 4 members (excludes halogenated alkanes) is 28. The lowest BCUT2D eigenvalue weighted by molar-refractivity contribution is -0.161. The van der Waals surface area contributed by atoms with Gasteiger partial charge in [-0.1, -0.05) is 187 Å². The number of carbonyl (C=O) groups is 3. The molecule has 57 heavy (non-hydrogen) atoms. The van der Waals surface area contributed by atoms with Gasteiger partial charge in [-0.3, -0.25) is 23.4 Å². The number of ether oxygens (including phenoxy) is 2. The van der Waals surface area contributed by atoms with Gasteiger partial charge in [0, 0.05) is 12.8 Å². The van der Waals surface area contributed by atoms with E-state index in [9.17, 15) is 23.8 Å². The van der Waals surface area contributed by atoms with E-state index in [1.165, 1.54) is 148 Å². The number of esters is 2. The van der Waals surface area contributed by atoms with Gasteiger partial charge in [0.05, 0.1) is 13.2 Å². The molecule has 12 heteroatoms. The molecule has 11 nitrogen and oxygen atoms in total. The van der Waals surface area contributed by atoms with Gasteiger partial charge in [0.25, 0.3) is 0 Å². The lowest BCUT2D eigenvalue weighted by atomic mass is 10.0. The molecule has 0 aromatic carbocycles. The maximum absolute atomic E-state index is 12.6. The van der Waals surface area contributed by atoms with Gasteiger partial charge in [-0.05, 0) is 38.5 Å². The molecular formula is C45H86NO10P. The Kier molecular flexibility index (Phi) is 39.7. The van der Waals surface area contributed by atoms with Crippen LogP contribution in [0.1, 0.15) is 226 Å². The number of hydrogen-bond acceptors (Lipinski definition) is 9. The van der Waals surface area contributed by atoms with Crippen LogP contribution in [0.15, 0.2) is 12.2 Å². The molecule has 3 unspecified atom stereocenters. The fourth-order valence-corrected chi connectivity index (χ4v) is 7.37. The maximum Gasteiger partial charge on any atom is 0.472 e. The molecule has 0 fully saturated rings. The normalized spacial score (nSPS) is 13.8. The number of carbonyl (C=O) groups excluding carboxylic acids is 2. The van der Waals surface area contributed by atoms with E-state index < -0.39 is 51.1 Å². The van der Waals surface area contributed by atoms with Gasteiger partial charge in [-0.15, -0.1) is 0 Å². The molecule has 0 amide bonds. The van der Waals surface area contributed by atoms with Crippen LogP contribution in [0, 0.1) is 0 Å². The molecule has 0 aliphatic rings. The van der Waals surface area contributed by atoms with Crippen molar-refractivity contribution in [1.82, 2.24) is 0 Å². The number of nitrogens with two attached hydrogens (primary N) is 1. The molecule has 0 aromatic rings. The third-order valence-corrected chi connectivity index (χ3v) is 11.2. The van der Waals surface area contributed by atoms with Crippen molar-refractivity contribution in [3.05, 3.63) is 12.2 Å². The molecule has 0 radical (unpaired) electrons. The number of allylic oxidation sites excluding steroid dienone is 2. The zero-order chi connectivity index (χ0) is 42.1. The fourth-order valence-electron chi connectivity index (χ4n) is 6.59. The Balaban J connectivity index is 4.18. The van der Waals surface area contributed by atoms with Crippen LogP contribution in [0.2, 0.25) is 0 Å². The molecule has 3 atom stereocenters. The zero-order valence-electron chi connectivity index (χ0n) is 36.5. The largest absolute Gasteiger partial charge is 0.480 e. The van der Waals surface area contributed by atoms with Gasteiger partial charge in [0.15, 0.2) is 6.10 Å². The molecular weight excluding hydrogens is 745 g/mol. The predicted octanol–water partition coefficient (Wildman–Crippen LogP) is 12.5. The Labute approximate surface area is 348 Å². The molecule has 0 heterocycles. The van der Waals surface area contributed by atoms with Crippen molar-refractivity contribution in [1.29, 1.82) is 0 Å². The smallest absolute Gasteiger partial charge is 0.472 e. The van der Waals surface area contributed by atoms with E-state index >= 15 is 0 Å². The van der Waals surface area contributed by atoms with E-state index in [0.717, 1.165) is 38.5 Å².